The molecule has 1 heterocycles. The highest BCUT2D eigenvalue weighted by Gasteiger charge is 2.16. The van der Waals surface area contributed by atoms with Crippen LogP contribution in [-0.4, -0.2) is 35.7 Å². The van der Waals surface area contributed by atoms with Crippen molar-refractivity contribution in [3.8, 4) is 11.8 Å². The van der Waals surface area contributed by atoms with Crippen LogP contribution in [0.15, 0.2) is 18.2 Å². The average molecular weight is 286 g/mol. The molecule has 1 aromatic rings. The summed E-state index contributed by atoms with van der Waals surface area (Å²) >= 11 is 0. The molecule has 0 unspecified atom stereocenters. The zero-order valence-corrected chi connectivity index (χ0v) is 12.5. The predicted molar refractivity (Wildman–Crippen MR) is 82.7 cm³/mol. The largest absolute Gasteiger partial charge is 0.395 e. The van der Waals surface area contributed by atoms with Gasteiger partial charge in [-0.1, -0.05) is 24.3 Å². The first kappa shape index (κ1) is 15.6. The van der Waals surface area contributed by atoms with Crippen LogP contribution < -0.4 is 5.43 Å². The van der Waals surface area contributed by atoms with Crippen LogP contribution in [0.1, 0.15) is 47.2 Å². The van der Waals surface area contributed by atoms with E-state index in [4.69, 9.17) is 5.11 Å². The number of amides is 1. The molecule has 1 aliphatic rings. The lowest BCUT2D eigenvalue weighted by Gasteiger charge is -2.27. The summed E-state index contributed by atoms with van der Waals surface area (Å²) in [6, 6.07) is 5.57. The van der Waals surface area contributed by atoms with Crippen molar-refractivity contribution in [1.82, 2.24) is 10.4 Å². The zero-order chi connectivity index (χ0) is 15.1. The van der Waals surface area contributed by atoms with Crippen molar-refractivity contribution in [3.05, 3.63) is 34.9 Å². The smallest absolute Gasteiger partial charge is 0.265 e. The number of carbonyl (C=O) groups excluding carboxylic acids is 1. The molecule has 21 heavy (non-hydrogen) atoms. The van der Waals surface area contributed by atoms with Gasteiger partial charge in [-0.15, -0.1) is 0 Å². The van der Waals surface area contributed by atoms with Crippen LogP contribution >= 0.6 is 0 Å². The number of benzene rings is 1. The van der Waals surface area contributed by atoms with Crippen molar-refractivity contribution in [3.63, 3.8) is 0 Å². The van der Waals surface area contributed by atoms with E-state index in [2.05, 4.69) is 17.3 Å². The average Bonchev–Trinajstić information content (AvgIpc) is 2.50. The molecule has 4 nitrogen and oxygen atoms in total. The van der Waals surface area contributed by atoms with Crippen molar-refractivity contribution >= 4 is 5.91 Å². The van der Waals surface area contributed by atoms with E-state index in [1.165, 1.54) is 6.42 Å². The van der Waals surface area contributed by atoms with Crippen LogP contribution in [0.2, 0.25) is 0 Å². The molecule has 0 aromatic heterocycles. The van der Waals surface area contributed by atoms with E-state index in [9.17, 15) is 4.79 Å². The molecular formula is C17H22N2O2. The van der Waals surface area contributed by atoms with Gasteiger partial charge in [-0.3, -0.25) is 10.2 Å². The van der Waals surface area contributed by atoms with E-state index < -0.39 is 0 Å². The van der Waals surface area contributed by atoms with Crippen LogP contribution in [0.3, 0.4) is 0 Å². The van der Waals surface area contributed by atoms with E-state index in [1.807, 2.05) is 30.1 Å². The second-order valence-electron chi connectivity index (χ2n) is 5.24. The summed E-state index contributed by atoms with van der Waals surface area (Å²) < 4.78 is 0. The number of carbonyl (C=O) groups is 1. The van der Waals surface area contributed by atoms with Crippen molar-refractivity contribution in [2.45, 2.75) is 32.6 Å². The van der Waals surface area contributed by atoms with Gasteiger partial charge < -0.3 is 5.11 Å². The highest BCUT2D eigenvalue weighted by Crippen LogP contribution is 2.14. The summed E-state index contributed by atoms with van der Waals surface area (Å²) in [6.07, 6.45) is 3.95. The van der Waals surface area contributed by atoms with Crippen molar-refractivity contribution < 1.29 is 9.90 Å². The standard InChI is InChI=1S/C17H22N2O2/c1-14-15(8-3-6-13-20)9-7-10-16(14)17(21)18-19-11-4-2-5-12-19/h7,9-10,20H,2,4-6,11-13H2,1H3,(H,18,21). The van der Waals surface area contributed by atoms with Crippen LogP contribution in [-0.2, 0) is 0 Å². The maximum atomic E-state index is 12.4. The minimum Gasteiger partial charge on any atom is -0.395 e. The number of nitrogens with zero attached hydrogens (tertiary/aromatic N) is 1. The number of rotatable bonds is 3. The molecule has 1 aromatic carbocycles. The Bertz CT molecular complexity index is 552. The first-order chi connectivity index (χ1) is 10.2. The second kappa shape index (κ2) is 7.82. The fourth-order valence-electron chi connectivity index (χ4n) is 2.44. The molecule has 1 saturated heterocycles. The molecule has 0 atom stereocenters. The quantitative estimate of drug-likeness (QED) is 0.834. The van der Waals surface area contributed by atoms with E-state index in [-0.39, 0.29) is 12.5 Å². The van der Waals surface area contributed by atoms with Gasteiger partial charge in [-0.05, 0) is 37.5 Å². The molecule has 2 N–H and O–H groups in total. The number of hydrogen-bond acceptors (Lipinski definition) is 3. The first-order valence-electron chi connectivity index (χ1n) is 7.47. The number of aliphatic hydroxyl groups excluding tert-OH is 1. The van der Waals surface area contributed by atoms with Crippen molar-refractivity contribution in [1.29, 1.82) is 0 Å². The molecule has 1 amide bonds. The monoisotopic (exact) mass is 286 g/mol. The Kier molecular flexibility index (Phi) is 5.79. The Hall–Kier alpha value is -1.83. The Morgan fingerprint density at radius 3 is 2.81 bits per heavy atom. The third kappa shape index (κ3) is 4.32. The van der Waals surface area contributed by atoms with Gasteiger partial charge in [0.05, 0.1) is 6.61 Å². The zero-order valence-electron chi connectivity index (χ0n) is 12.5. The lowest BCUT2D eigenvalue weighted by molar-refractivity contribution is 0.0749. The van der Waals surface area contributed by atoms with Gasteiger partial charge in [-0.2, -0.15) is 0 Å². The highest BCUT2D eigenvalue weighted by atomic mass is 16.2. The molecule has 0 aliphatic carbocycles. The number of hydrazine groups is 1. The van der Waals surface area contributed by atoms with Gasteiger partial charge in [0.15, 0.2) is 0 Å². The summed E-state index contributed by atoms with van der Waals surface area (Å²) in [5.41, 5.74) is 5.37. The summed E-state index contributed by atoms with van der Waals surface area (Å²) in [6.45, 7) is 3.80. The summed E-state index contributed by atoms with van der Waals surface area (Å²) in [7, 11) is 0. The SMILES string of the molecule is Cc1c(C#CCCO)cccc1C(=O)NN1CCCCC1. The molecule has 0 spiro atoms. The molecule has 112 valence electrons. The van der Waals surface area contributed by atoms with Crippen LogP contribution in [0.25, 0.3) is 0 Å². The number of aliphatic hydroxyl groups is 1. The minimum absolute atomic E-state index is 0.0567. The molecule has 0 radical (unpaired) electrons. The van der Waals surface area contributed by atoms with Crippen molar-refractivity contribution in [2.75, 3.05) is 19.7 Å². The Balaban J connectivity index is 2.10. The van der Waals surface area contributed by atoms with Gasteiger partial charge in [0.2, 0.25) is 0 Å². The Labute approximate surface area is 126 Å². The van der Waals surface area contributed by atoms with Gasteiger partial charge >= 0.3 is 0 Å². The lowest BCUT2D eigenvalue weighted by atomic mass is 10.0. The summed E-state index contributed by atoms with van der Waals surface area (Å²) in [4.78, 5) is 12.4. The van der Waals surface area contributed by atoms with Gasteiger partial charge in [0.25, 0.3) is 5.91 Å². The third-order valence-electron chi connectivity index (χ3n) is 3.65. The van der Waals surface area contributed by atoms with Gasteiger partial charge in [0, 0.05) is 30.6 Å². The number of hydrogen-bond donors (Lipinski definition) is 2. The highest BCUT2D eigenvalue weighted by molar-refractivity contribution is 5.95. The van der Waals surface area contributed by atoms with E-state index in [0.717, 1.165) is 37.1 Å². The molecule has 0 bridgehead atoms. The fourth-order valence-corrected chi connectivity index (χ4v) is 2.44. The van der Waals surface area contributed by atoms with Crippen LogP contribution in [0.4, 0.5) is 0 Å². The molecule has 2 rings (SSSR count). The maximum Gasteiger partial charge on any atom is 0.265 e. The second-order valence-corrected chi connectivity index (χ2v) is 5.24. The number of piperidine rings is 1. The summed E-state index contributed by atoms with van der Waals surface area (Å²) in [5, 5.41) is 10.8. The maximum absolute atomic E-state index is 12.4. The van der Waals surface area contributed by atoms with Crippen LogP contribution in [0.5, 0.6) is 0 Å². The summed E-state index contributed by atoms with van der Waals surface area (Å²) in [5.74, 6) is 5.84. The first-order valence-corrected chi connectivity index (χ1v) is 7.47. The number of nitrogens with one attached hydrogen (secondary N) is 1. The van der Waals surface area contributed by atoms with Crippen molar-refractivity contribution in [2.24, 2.45) is 0 Å². The molecular weight excluding hydrogens is 264 g/mol. The molecule has 0 saturated carbocycles. The molecule has 4 heteroatoms. The fraction of sp³-hybridized carbons (Fsp3) is 0.471. The Morgan fingerprint density at radius 1 is 1.33 bits per heavy atom. The van der Waals surface area contributed by atoms with E-state index >= 15 is 0 Å². The van der Waals surface area contributed by atoms with Crippen LogP contribution in [0, 0.1) is 18.8 Å². The van der Waals surface area contributed by atoms with Gasteiger partial charge in [0.1, 0.15) is 0 Å². The van der Waals surface area contributed by atoms with Gasteiger partial charge in [-0.25, -0.2) is 5.01 Å². The lowest BCUT2D eigenvalue weighted by Crippen LogP contribution is -2.45. The molecule has 1 aliphatic heterocycles. The molecule has 1 fully saturated rings. The Morgan fingerprint density at radius 2 is 2.10 bits per heavy atom. The normalized spacial score (nSPS) is 15.1. The minimum atomic E-state index is -0.0693. The van der Waals surface area contributed by atoms with E-state index in [1.54, 1.807) is 0 Å². The third-order valence-corrected chi connectivity index (χ3v) is 3.65. The predicted octanol–water partition coefficient (Wildman–Crippen LogP) is 1.86. The topological polar surface area (TPSA) is 52.6 Å². The van der Waals surface area contributed by atoms with E-state index in [0.29, 0.717) is 12.0 Å².